The van der Waals surface area contributed by atoms with Crippen molar-refractivity contribution in [1.29, 1.82) is 0 Å². The van der Waals surface area contributed by atoms with Gasteiger partial charge in [0.25, 0.3) is 0 Å². The third-order valence-electron chi connectivity index (χ3n) is 4.53. The van der Waals surface area contributed by atoms with Crippen LogP contribution in [0, 0.1) is 0 Å². The number of nitrogens with one attached hydrogen (secondary N) is 1. The Morgan fingerprint density at radius 1 is 1.30 bits per heavy atom. The summed E-state index contributed by atoms with van der Waals surface area (Å²) in [4.78, 5) is 26.4. The topological polar surface area (TPSA) is 75.5 Å². The molecule has 0 aromatic carbocycles. The van der Waals surface area contributed by atoms with E-state index in [9.17, 15) is 4.79 Å². The van der Waals surface area contributed by atoms with Crippen molar-refractivity contribution in [2.75, 3.05) is 13.1 Å². The van der Waals surface area contributed by atoms with E-state index in [1.807, 2.05) is 59.3 Å². The number of carbonyl (C=O) groups excluding carboxylic acids is 1. The lowest BCUT2D eigenvalue weighted by atomic mass is 9.97. The predicted molar refractivity (Wildman–Crippen MR) is 108 cm³/mol. The van der Waals surface area contributed by atoms with Gasteiger partial charge >= 0.3 is 6.09 Å². The Bertz CT molecular complexity index is 928. The molecule has 1 atom stereocenters. The van der Waals surface area contributed by atoms with E-state index < -0.39 is 5.60 Å². The average molecular weight is 374 g/mol. The molecular weight excluding hydrogens is 342 g/mol. The number of carbonyl (C=O) groups is 1. The zero-order chi connectivity index (χ0) is 19.6. The number of hydrogen-bond donors (Lipinski definition) is 1. The molecular formula is C20H31N5O2. The highest BCUT2D eigenvalue weighted by Crippen LogP contribution is 2.29. The maximum absolute atomic E-state index is 12.4. The molecule has 4 rings (SSSR count). The van der Waals surface area contributed by atoms with Crippen molar-refractivity contribution in [3.8, 4) is 0 Å². The van der Waals surface area contributed by atoms with Crippen LogP contribution in [-0.4, -0.2) is 49.0 Å². The maximum atomic E-state index is 12.4. The standard InChI is InChI=1S/C18H23N5O2.C2H6.H2/c1-18(2,3)25-17(24)22-8-4-5-12(11-22)16-21-10-13-9-20-15-14(23(13)16)6-7-19-15;1-2;/h6-7,9-10,12,19H,4-5,8,11H2,1-3H3;1-2H3;1H/t12-;;/m1../s1. The van der Waals surface area contributed by atoms with Gasteiger partial charge in [-0.1, -0.05) is 13.8 Å². The van der Waals surface area contributed by atoms with E-state index in [1.165, 1.54) is 0 Å². The number of likely N-dealkylation sites (tertiary alicyclic amines) is 1. The fourth-order valence-electron chi connectivity index (χ4n) is 3.47. The summed E-state index contributed by atoms with van der Waals surface area (Å²) in [7, 11) is 0. The van der Waals surface area contributed by atoms with Gasteiger partial charge in [0.15, 0.2) is 5.65 Å². The Labute approximate surface area is 161 Å². The number of rotatable bonds is 1. The van der Waals surface area contributed by atoms with Crippen LogP contribution < -0.4 is 0 Å². The van der Waals surface area contributed by atoms with E-state index in [4.69, 9.17) is 4.74 Å². The second kappa shape index (κ2) is 7.58. The minimum absolute atomic E-state index is 0. The highest BCUT2D eigenvalue weighted by molar-refractivity contribution is 5.75. The largest absolute Gasteiger partial charge is 0.444 e. The lowest BCUT2D eigenvalue weighted by molar-refractivity contribution is 0.0196. The van der Waals surface area contributed by atoms with Gasteiger partial charge < -0.3 is 14.6 Å². The lowest BCUT2D eigenvalue weighted by Crippen LogP contribution is -2.42. The zero-order valence-electron chi connectivity index (χ0n) is 16.8. The van der Waals surface area contributed by atoms with Crippen LogP contribution in [0.1, 0.15) is 60.6 Å². The molecule has 1 fully saturated rings. The van der Waals surface area contributed by atoms with Crippen LogP contribution in [0.3, 0.4) is 0 Å². The van der Waals surface area contributed by atoms with Crippen molar-refractivity contribution in [3.63, 3.8) is 0 Å². The molecule has 1 N–H and O–H groups in total. The van der Waals surface area contributed by atoms with Gasteiger partial charge in [-0.05, 0) is 39.7 Å². The quantitative estimate of drug-likeness (QED) is 0.676. The Hall–Kier alpha value is -2.57. The molecule has 0 bridgehead atoms. The van der Waals surface area contributed by atoms with Crippen LogP contribution in [0.4, 0.5) is 4.79 Å². The van der Waals surface area contributed by atoms with Gasteiger partial charge in [-0.15, -0.1) is 0 Å². The first-order chi connectivity index (χ1) is 12.9. The first kappa shape index (κ1) is 19.2. The van der Waals surface area contributed by atoms with E-state index >= 15 is 0 Å². The number of hydrogen-bond acceptors (Lipinski definition) is 4. The van der Waals surface area contributed by atoms with Crippen molar-refractivity contribution in [2.24, 2.45) is 0 Å². The van der Waals surface area contributed by atoms with Gasteiger partial charge in [-0.3, -0.25) is 4.40 Å². The Balaban J connectivity index is 0.000000906. The molecule has 3 aromatic rings. The molecule has 0 spiro atoms. The molecule has 7 heteroatoms. The van der Waals surface area contributed by atoms with E-state index in [2.05, 4.69) is 19.4 Å². The number of ether oxygens (including phenoxy) is 1. The van der Waals surface area contributed by atoms with Crippen LogP contribution in [0.25, 0.3) is 16.7 Å². The average Bonchev–Trinajstić information content (AvgIpc) is 3.28. The van der Waals surface area contributed by atoms with Gasteiger partial charge in [0.1, 0.15) is 11.4 Å². The second-order valence-corrected chi connectivity index (χ2v) is 7.61. The van der Waals surface area contributed by atoms with E-state index in [1.54, 1.807) is 4.90 Å². The number of imidazole rings is 1. The number of aromatic nitrogens is 4. The van der Waals surface area contributed by atoms with Crippen LogP contribution in [0.2, 0.25) is 0 Å². The zero-order valence-corrected chi connectivity index (χ0v) is 16.8. The minimum Gasteiger partial charge on any atom is -0.444 e. The summed E-state index contributed by atoms with van der Waals surface area (Å²) in [6.45, 7) is 11.0. The van der Waals surface area contributed by atoms with Crippen LogP contribution in [0.5, 0.6) is 0 Å². The molecule has 1 saturated heterocycles. The number of H-pyrrole nitrogens is 1. The summed E-state index contributed by atoms with van der Waals surface area (Å²) in [5.74, 6) is 1.17. The number of aromatic amines is 1. The molecule has 7 nitrogen and oxygen atoms in total. The van der Waals surface area contributed by atoms with Crippen molar-refractivity contribution in [2.45, 2.75) is 59.0 Å². The van der Waals surface area contributed by atoms with Gasteiger partial charge in [0.05, 0.1) is 23.4 Å². The predicted octanol–water partition coefficient (Wildman–Crippen LogP) is 4.60. The molecule has 0 aliphatic carbocycles. The van der Waals surface area contributed by atoms with Crippen molar-refractivity contribution in [3.05, 3.63) is 30.5 Å². The molecule has 148 valence electrons. The van der Waals surface area contributed by atoms with Crippen LogP contribution in [0.15, 0.2) is 24.7 Å². The fraction of sp³-hybridized carbons (Fsp3) is 0.550. The van der Waals surface area contributed by atoms with E-state index in [0.29, 0.717) is 6.54 Å². The molecule has 0 saturated carbocycles. The van der Waals surface area contributed by atoms with Gasteiger partial charge in [0, 0.05) is 26.6 Å². The maximum Gasteiger partial charge on any atom is 0.410 e. The number of amides is 1. The SMILES string of the molecule is CC.CC(C)(C)OC(=O)N1CCC[C@@H](c2ncc3cnc4[nH]ccc4n23)C1.[HH]. The summed E-state index contributed by atoms with van der Waals surface area (Å²) in [5, 5.41) is 0. The summed E-state index contributed by atoms with van der Waals surface area (Å²) in [6, 6.07) is 2.01. The van der Waals surface area contributed by atoms with E-state index in [0.717, 1.165) is 41.9 Å². The smallest absolute Gasteiger partial charge is 0.410 e. The Morgan fingerprint density at radius 3 is 2.78 bits per heavy atom. The fourth-order valence-corrected chi connectivity index (χ4v) is 3.47. The minimum atomic E-state index is -0.479. The van der Waals surface area contributed by atoms with Crippen molar-refractivity contribution in [1.82, 2.24) is 24.3 Å². The summed E-state index contributed by atoms with van der Waals surface area (Å²) in [6.07, 6.45) is 7.26. The molecule has 1 aliphatic heterocycles. The summed E-state index contributed by atoms with van der Waals surface area (Å²) < 4.78 is 7.67. The van der Waals surface area contributed by atoms with Gasteiger partial charge in [0.2, 0.25) is 0 Å². The lowest BCUT2D eigenvalue weighted by Gasteiger charge is -2.33. The summed E-state index contributed by atoms with van der Waals surface area (Å²) in [5.41, 5.74) is 2.34. The highest BCUT2D eigenvalue weighted by Gasteiger charge is 2.30. The molecule has 1 amide bonds. The number of fused-ring (bicyclic) bond motifs is 3. The van der Waals surface area contributed by atoms with Crippen molar-refractivity contribution >= 4 is 22.8 Å². The van der Waals surface area contributed by atoms with Crippen molar-refractivity contribution < 1.29 is 11.0 Å². The third kappa shape index (κ3) is 3.91. The summed E-state index contributed by atoms with van der Waals surface area (Å²) >= 11 is 0. The molecule has 27 heavy (non-hydrogen) atoms. The van der Waals surface area contributed by atoms with Crippen LogP contribution in [-0.2, 0) is 4.74 Å². The number of nitrogens with zero attached hydrogens (tertiary/aromatic N) is 4. The Morgan fingerprint density at radius 2 is 2.04 bits per heavy atom. The third-order valence-corrected chi connectivity index (χ3v) is 4.53. The normalized spacial score (nSPS) is 17.7. The highest BCUT2D eigenvalue weighted by atomic mass is 16.6. The van der Waals surface area contributed by atoms with E-state index in [-0.39, 0.29) is 13.4 Å². The first-order valence-corrected chi connectivity index (χ1v) is 9.70. The molecule has 0 unspecified atom stereocenters. The molecule has 0 radical (unpaired) electrons. The first-order valence-electron chi connectivity index (χ1n) is 9.70. The van der Waals surface area contributed by atoms with Gasteiger partial charge in [-0.25, -0.2) is 14.8 Å². The number of piperidine rings is 1. The van der Waals surface area contributed by atoms with Gasteiger partial charge in [-0.2, -0.15) is 0 Å². The molecule has 4 heterocycles. The molecule has 1 aliphatic rings. The Kier molecular flexibility index (Phi) is 5.39. The molecule has 3 aromatic heterocycles. The van der Waals surface area contributed by atoms with Crippen LogP contribution >= 0.6 is 0 Å². The monoisotopic (exact) mass is 373 g/mol. The second-order valence-electron chi connectivity index (χ2n) is 7.61.